The number of halogens is 5. The fourth-order valence-corrected chi connectivity index (χ4v) is 2.93. The Hall–Kier alpha value is -2.33. The smallest absolute Gasteiger partial charge is 0.348 e. The first kappa shape index (κ1) is 26.7. The maximum Gasteiger partial charge on any atom is 0.416 e. The Bertz CT molecular complexity index is 993. The average molecular weight is 478 g/mol. The van der Waals surface area contributed by atoms with Crippen LogP contribution in [0.15, 0.2) is 42.5 Å². The lowest BCUT2D eigenvalue weighted by Crippen LogP contribution is -2.37. The van der Waals surface area contributed by atoms with Crippen LogP contribution < -0.4 is 16.8 Å². The van der Waals surface area contributed by atoms with E-state index in [4.69, 9.17) is 11.5 Å². The van der Waals surface area contributed by atoms with Crippen LogP contribution in [-0.2, 0) is 6.18 Å². The van der Waals surface area contributed by atoms with Crippen molar-refractivity contribution in [1.82, 2.24) is 15.3 Å². The maximum absolute atomic E-state index is 12.7. The van der Waals surface area contributed by atoms with Crippen LogP contribution in [-0.4, -0.2) is 35.0 Å². The van der Waals surface area contributed by atoms with E-state index in [0.29, 0.717) is 41.7 Å². The van der Waals surface area contributed by atoms with Crippen molar-refractivity contribution in [1.29, 1.82) is 0 Å². The number of alkyl halides is 3. The first-order chi connectivity index (χ1) is 13.8. The number of nitrogens with two attached hydrogens (primary N) is 2. The number of carbonyl (C=O) groups excluding carboxylic acids is 1. The Morgan fingerprint density at radius 1 is 1.10 bits per heavy atom. The van der Waals surface area contributed by atoms with Crippen molar-refractivity contribution in [3.8, 4) is 11.1 Å². The molecule has 0 bridgehead atoms. The Balaban J connectivity index is 0.00000240. The van der Waals surface area contributed by atoms with Gasteiger partial charge in [0.25, 0.3) is 5.91 Å². The number of benzene rings is 2. The van der Waals surface area contributed by atoms with E-state index in [1.165, 1.54) is 12.1 Å². The van der Waals surface area contributed by atoms with Gasteiger partial charge in [-0.1, -0.05) is 18.2 Å². The number of carbonyl (C=O) groups is 1. The predicted octanol–water partition coefficient (Wildman–Crippen LogP) is 3.89. The SMILES string of the molecule is Cl.Cl.NCCC[C@H](N)CNC(=O)c1nc2cc(-c3ccc(C(F)(F)F)cc3)ccc2[nH]1. The molecule has 1 amide bonds. The molecule has 3 aromatic rings. The van der Waals surface area contributed by atoms with E-state index in [1.807, 2.05) is 0 Å². The number of hydrogen-bond donors (Lipinski definition) is 4. The van der Waals surface area contributed by atoms with E-state index in [2.05, 4.69) is 15.3 Å². The molecule has 0 aliphatic carbocycles. The first-order valence-electron chi connectivity index (χ1n) is 9.19. The molecular formula is C20H24Cl2F3N5O. The molecule has 1 atom stereocenters. The molecule has 6 nitrogen and oxygen atoms in total. The van der Waals surface area contributed by atoms with Crippen LogP contribution in [0.5, 0.6) is 0 Å². The molecule has 0 saturated carbocycles. The summed E-state index contributed by atoms with van der Waals surface area (Å²) >= 11 is 0. The fourth-order valence-electron chi connectivity index (χ4n) is 2.93. The number of H-pyrrole nitrogens is 1. The molecule has 0 saturated heterocycles. The number of fused-ring (bicyclic) bond motifs is 1. The zero-order valence-corrected chi connectivity index (χ0v) is 18.0. The van der Waals surface area contributed by atoms with Crippen molar-refractivity contribution in [2.24, 2.45) is 11.5 Å². The Kier molecular flexibility index (Phi) is 9.76. The van der Waals surface area contributed by atoms with Gasteiger partial charge in [0, 0.05) is 12.6 Å². The summed E-state index contributed by atoms with van der Waals surface area (Å²) in [6.45, 7) is 0.860. The monoisotopic (exact) mass is 477 g/mol. The molecule has 0 unspecified atom stereocenters. The largest absolute Gasteiger partial charge is 0.416 e. The van der Waals surface area contributed by atoms with Crippen LogP contribution in [0.1, 0.15) is 29.0 Å². The quantitative estimate of drug-likeness (QED) is 0.413. The van der Waals surface area contributed by atoms with Gasteiger partial charge in [-0.05, 0) is 54.8 Å². The highest BCUT2D eigenvalue weighted by Gasteiger charge is 2.30. The predicted molar refractivity (Wildman–Crippen MR) is 120 cm³/mol. The molecule has 0 aliphatic heterocycles. The zero-order valence-electron chi connectivity index (χ0n) is 16.4. The zero-order chi connectivity index (χ0) is 21.0. The number of hydrogen-bond acceptors (Lipinski definition) is 4. The number of aromatic amines is 1. The van der Waals surface area contributed by atoms with Gasteiger partial charge in [0.2, 0.25) is 0 Å². The lowest BCUT2D eigenvalue weighted by Gasteiger charge is -2.11. The summed E-state index contributed by atoms with van der Waals surface area (Å²) in [6.07, 6.45) is -2.87. The molecule has 0 aliphatic rings. The summed E-state index contributed by atoms with van der Waals surface area (Å²) in [4.78, 5) is 19.5. The van der Waals surface area contributed by atoms with E-state index in [-0.39, 0.29) is 42.6 Å². The molecule has 6 N–H and O–H groups in total. The van der Waals surface area contributed by atoms with E-state index in [0.717, 1.165) is 18.6 Å². The Morgan fingerprint density at radius 3 is 2.35 bits per heavy atom. The van der Waals surface area contributed by atoms with Crippen LogP contribution in [0.25, 0.3) is 22.2 Å². The van der Waals surface area contributed by atoms with Crippen molar-refractivity contribution in [3.63, 3.8) is 0 Å². The molecule has 3 rings (SSSR count). The van der Waals surface area contributed by atoms with Crippen molar-refractivity contribution in [2.45, 2.75) is 25.1 Å². The second-order valence-corrected chi connectivity index (χ2v) is 6.79. The lowest BCUT2D eigenvalue weighted by molar-refractivity contribution is -0.137. The summed E-state index contributed by atoms with van der Waals surface area (Å²) in [6, 6.07) is 9.93. The molecule has 0 fully saturated rings. The van der Waals surface area contributed by atoms with Gasteiger partial charge in [-0.2, -0.15) is 13.2 Å². The van der Waals surface area contributed by atoms with Crippen LogP contribution in [0.2, 0.25) is 0 Å². The number of nitrogens with one attached hydrogen (secondary N) is 2. The number of imidazole rings is 1. The second kappa shape index (κ2) is 11.3. The van der Waals surface area contributed by atoms with Crippen molar-refractivity contribution >= 4 is 41.8 Å². The summed E-state index contributed by atoms with van der Waals surface area (Å²) < 4.78 is 38.2. The van der Waals surface area contributed by atoms with Gasteiger partial charge in [-0.3, -0.25) is 4.79 Å². The van der Waals surface area contributed by atoms with E-state index >= 15 is 0 Å². The van der Waals surface area contributed by atoms with Crippen LogP contribution >= 0.6 is 24.8 Å². The molecule has 11 heteroatoms. The van der Waals surface area contributed by atoms with Gasteiger partial charge in [0.15, 0.2) is 5.82 Å². The molecule has 1 aromatic heterocycles. The summed E-state index contributed by atoms with van der Waals surface area (Å²) in [7, 11) is 0. The minimum Gasteiger partial charge on any atom is -0.348 e. The molecule has 170 valence electrons. The fraction of sp³-hybridized carbons (Fsp3) is 0.300. The average Bonchev–Trinajstić information content (AvgIpc) is 3.13. The highest BCUT2D eigenvalue weighted by atomic mass is 35.5. The molecule has 1 heterocycles. The molecule has 31 heavy (non-hydrogen) atoms. The van der Waals surface area contributed by atoms with Crippen LogP contribution in [0, 0.1) is 0 Å². The number of aromatic nitrogens is 2. The van der Waals surface area contributed by atoms with Crippen molar-refractivity contribution < 1.29 is 18.0 Å². The van der Waals surface area contributed by atoms with E-state index in [9.17, 15) is 18.0 Å². The Labute approximate surface area is 189 Å². The first-order valence-corrected chi connectivity index (χ1v) is 9.19. The van der Waals surface area contributed by atoms with Gasteiger partial charge >= 0.3 is 6.18 Å². The minimum atomic E-state index is -4.38. The third-order valence-electron chi connectivity index (χ3n) is 4.55. The van der Waals surface area contributed by atoms with Gasteiger partial charge in [-0.15, -0.1) is 24.8 Å². The van der Waals surface area contributed by atoms with E-state index in [1.54, 1.807) is 18.2 Å². The molecular weight excluding hydrogens is 454 g/mol. The summed E-state index contributed by atoms with van der Waals surface area (Å²) in [5.74, 6) is -0.226. The molecule has 0 radical (unpaired) electrons. The number of rotatable bonds is 7. The summed E-state index contributed by atoms with van der Waals surface area (Å²) in [5.41, 5.74) is 13.2. The van der Waals surface area contributed by atoms with Gasteiger partial charge in [0.05, 0.1) is 16.6 Å². The minimum absolute atomic E-state index is 0. The highest BCUT2D eigenvalue weighted by Crippen LogP contribution is 2.31. The van der Waals surface area contributed by atoms with Crippen molar-refractivity contribution in [2.75, 3.05) is 13.1 Å². The van der Waals surface area contributed by atoms with Crippen LogP contribution in [0.4, 0.5) is 13.2 Å². The second-order valence-electron chi connectivity index (χ2n) is 6.79. The topological polar surface area (TPSA) is 110 Å². The standard InChI is InChI=1S/C20H22F3N5O.2ClH/c21-20(22,23)14-6-3-12(4-7-14)13-5-8-16-17(10-13)28-18(27-16)19(29)26-11-15(25)2-1-9-24;;/h3-8,10,15H,1-2,9,11,24-25H2,(H,26,29)(H,27,28);2*1H/t15-;;/m0../s1. The van der Waals surface area contributed by atoms with Gasteiger partial charge < -0.3 is 21.8 Å². The Morgan fingerprint density at radius 2 is 1.74 bits per heavy atom. The molecule has 0 spiro atoms. The molecule has 2 aromatic carbocycles. The van der Waals surface area contributed by atoms with Crippen LogP contribution in [0.3, 0.4) is 0 Å². The van der Waals surface area contributed by atoms with Gasteiger partial charge in [0.1, 0.15) is 0 Å². The maximum atomic E-state index is 12.7. The van der Waals surface area contributed by atoms with Crippen molar-refractivity contribution in [3.05, 3.63) is 53.9 Å². The van der Waals surface area contributed by atoms with Gasteiger partial charge in [-0.25, -0.2) is 4.98 Å². The number of nitrogens with zero attached hydrogens (tertiary/aromatic N) is 1. The summed E-state index contributed by atoms with van der Waals surface area (Å²) in [5, 5.41) is 2.73. The third-order valence-corrected chi connectivity index (χ3v) is 4.55. The number of amides is 1. The normalized spacial score (nSPS) is 12.0. The van der Waals surface area contributed by atoms with E-state index < -0.39 is 11.7 Å². The lowest BCUT2D eigenvalue weighted by atomic mass is 10.0. The highest BCUT2D eigenvalue weighted by molar-refractivity contribution is 5.95. The third kappa shape index (κ3) is 6.83.